The Bertz CT molecular complexity index is 2090. The van der Waals surface area contributed by atoms with E-state index in [1.807, 2.05) is 24.8 Å². The van der Waals surface area contributed by atoms with Gasteiger partial charge < -0.3 is 14.6 Å². The molecule has 0 saturated heterocycles. The molecule has 4 rings (SSSR count). The number of carboxylic acids is 1. The van der Waals surface area contributed by atoms with Crippen LogP contribution in [0.2, 0.25) is 0 Å². The van der Waals surface area contributed by atoms with Gasteiger partial charge in [-0.25, -0.2) is 13.2 Å². The summed E-state index contributed by atoms with van der Waals surface area (Å²) in [4.78, 5) is 13.3. The monoisotopic (exact) mass is 722 g/mol. The Labute approximate surface area is 280 Å². The van der Waals surface area contributed by atoms with Gasteiger partial charge in [0, 0.05) is 47.7 Å². The van der Waals surface area contributed by atoms with E-state index in [4.69, 9.17) is 0 Å². The molecule has 2 heterocycles. The van der Waals surface area contributed by atoms with Crippen molar-refractivity contribution in [2.24, 2.45) is 0 Å². The number of carbonyl (C=O) groups is 1. The first-order valence-corrected chi connectivity index (χ1v) is 19.5. The van der Waals surface area contributed by atoms with E-state index in [0.29, 0.717) is 22.6 Å². The summed E-state index contributed by atoms with van der Waals surface area (Å²) >= 11 is 0. The van der Waals surface area contributed by atoms with Crippen LogP contribution in [0.25, 0.3) is 0 Å². The third-order valence-corrected chi connectivity index (χ3v) is 11.0. The summed E-state index contributed by atoms with van der Waals surface area (Å²) in [7, 11) is -13.3. The quantitative estimate of drug-likeness (QED) is 0.152. The van der Waals surface area contributed by atoms with Gasteiger partial charge in [-0.15, -0.1) is 0 Å². The summed E-state index contributed by atoms with van der Waals surface area (Å²) < 4.78 is 102. The van der Waals surface area contributed by atoms with Crippen molar-refractivity contribution in [2.45, 2.75) is 56.3 Å². The lowest BCUT2D eigenvalue weighted by Gasteiger charge is -2.27. The maximum absolute atomic E-state index is 12.3. The van der Waals surface area contributed by atoms with Crippen molar-refractivity contribution in [2.75, 3.05) is 29.5 Å². The Kier molecular flexibility index (Phi) is 10.3. The van der Waals surface area contributed by atoms with Crippen molar-refractivity contribution < 1.29 is 53.4 Å². The molecule has 0 saturated carbocycles. The maximum Gasteiger partial charge on any atom is 0.335 e. The van der Waals surface area contributed by atoms with Gasteiger partial charge in [-0.1, -0.05) is 38.1 Å². The molecule has 2 aliphatic heterocycles. The molecule has 0 unspecified atom stereocenters. The van der Waals surface area contributed by atoms with Gasteiger partial charge >= 0.3 is 5.97 Å². The lowest BCUT2D eigenvalue weighted by atomic mass is 9.81. The normalized spacial score (nSPS) is 18.3. The van der Waals surface area contributed by atoms with E-state index < -0.39 is 58.7 Å². The van der Waals surface area contributed by atoms with E-state index >= 15 is 0 Å². The van der Waals surface area contributed by atoms with Crippen molar-refractivity contribution in [3.63, 3.8) is 0 Å². The van der Waals surface area contributed by atoms with Crippen LogP contribution >= 0.6 is 0 Å². The van der Waals surface area contributed by atoms with Crippen molar-refractivity contribution in [1.82, 2.24) is 0 Å². The molecule has 2 aromatic rings. The number of rotatable bonds is 13. The Morgan fingerprint density at radius 2 is 1.60 bits per heavy atom. The molecule has 3 N–H and O–H groups in total. The average molecular weight is 723 g/mol. The van der Waals surface area contributed by atoms with Gasteiger partial charge in [0.1, 0.15) is 11.4 Å². The fourth-order valence-corrected chi connectivity index (χ4v) is 8.28. The minimum Gasteiger partial charge on any atom is -0.748 e. The van der Waals surface area contributed by atoms with Gasteiger partial charge in [0.15, 0.2) is 5.71 Å². The lowest BCUT2D eigenvalue weighted by Crippen LogP contribution is -2.29. The van der Waals surface area contributed by atoms with Crippen LogP contribution in [0.5, 0.6) is 0 Å². The molecule has 2 aliphatic rings. The number of fused-ring (bicyclic) bond motifs is 2. The zero-order valence-corrected chi connectivity index (χ0v) is 29.3. The summed E-state index contributed by atoms with van der Waals surface area (Å²) in [5, 5.41) is 9.56. The predicted molar refractivity (Wildman–Crippen MR) is 179 cm³/mol. The molecule has 260 valence electrons. The molecule has 16 heteroatoms. The SMILES string of the molecule is CC1(C)C(/C=C/C=C/C=C2/N(CCCS(=O)(=O)O)c3ccc(C(=O)O)cc3C2(C)C)=[N+](CCCS(=O)(=O)[O-])c2cccc(S(=O)(=O)O)c21. The number of hydrogen-bond donors (Lipinski definition) is 3. The number of aromatic carboxylic acids is 1. The Morgan fingerprint density at radius 3 is 2.21 bits per heavy atom. The van der Waals surface area contributed by atoms with Crippen LogP contribution in [0.3, 0.4) is 0 Å². The zero-order valence-electron chi connectivity index (χ0n) is 26.8. The van der Waals surface area contributed by atoms with Crippen LogP contribution in [0.15, 0.2) is 77.4 Å². The summed E-state index contributed by atoms with van der Waals surface area (Å²) in [6.07, 6.45) is 8.77. The third-order valence-electron chi connectivity index (χ3n) is 8.56. The van der Waals surface area contributed by atoms with E-state index in [9.17, 15) is 48.8 Å². The van der Waals surface area contributed by atoms with Gasteiger partial charge in [0.25, 0.3) is 20.2 Å². The van der Waals surface area contributed by atoms with Gasteiger partial charge in [0.2, 0.25) is 5.69 Å². The van der Waals surface area contributed by atoms with Crippen LogP contribution < -0.4 is 4.90 Å². The topological polar surface area (TPSA) is 209 Å². The van der Waals surface area contributed by atoms with Crippen molar-refractivity contribution in [3.8, 4) is 0 Å². The molecule has 0 aromatic heterocycles. The smallest absolute Gasteiger partial charge is 0.335 e. The fraction of sp³-hybridized carbons (Fsp3) is 0.375. The van der Waals surface area contributed by atoms with Gasteiger partial charge in [-0.05, 0) is 56.2 Å². The number of anilines is 1. The molecule has 0 aliphatic carbocycles. The molecule has 48 heavy (non-hydrogen) atoms. The summed E-state index contributed by atoms with van der Waals surface area (Å²) in [5.74, 6) is -2.16. The average Bonchev–Trinajstić information content (AvgIpc) is 3.29. The number of nitrogens with zero attached hydrogens (tertiary/aromatic N) is 2. The molecule has 0 atom stereocenters. The first-order chi connectivity index (χ1) is 22.1. The lowest BCUT2D eigenvalue weighted by molar-refractivity contribution is -0.437. The molecule has 0 fully saturated rings. The second kappa shape index (κ2) is 13.3. The Hall–Kier alpha value is -3.67. The minimum absolute atomic E-state index is 0.0244. The maximum atomic E-state index is 12.3. The molecule has 0 radical (unpaired) electrons. The van der Waals surface area contributed by atoms with E-state index in [1.54, 1.807) is 60.9 Å². The molecule has 13 nitrogen and oxygen atoms in total. The van der Waals surface area contributed by atoms with E-state index in [1.165, 1.54) is 18.2 Å². The minimum atomic E-state index is -4.61. The van der Waals surface area contributed by atoms with E-state index in [-0.39, 0.29) is 36.4 Å². The van der Waals surface area contributed by atoms with Crippen LogP contribution in [-0.4, -0.2) is 84.9 Å². The van der Waals surface area contributed by atoms with Crippen molar-refractivity contribution in [3.05, 3.63) is 89.2 Å². The second-order valence-electron chi connectivity index (χ2n) is 12.7. The number of hydrogen-bond acceptors (Lipinski definition) is 9. The molecule has 0 bridgehead atoms. The summed E-state index contributed by atoms with van der Waals surface area (Å²) in [5.41, 5.74) is 2.04. The summed E-state index contributed by atoms with van der Waals surface area (Å²) in [6.45, 7) is 7.68. The molecule has 0 spiro atoms. The van der Waals surface area contributed by atoms with E-state index in [0.717, 1.165) is 11.3 Å². The number of benzene rings is 2. The van der Waals surface area contributed by atoms with Crippen molar-refractivity contribution in [1.29, 1.82) is 0 Å². The number of allylic oxidation sites excluding steroid dienone is 6. The van der Waals surface area contributed by atoms with Gasteiger partial charge in [-0.3, -0.25) is 9.11 Å². The molecule has 2 aromatic carbocycles. The highest BCUT2D eigenvalue weighted by molar-refractivity contribution is 7.86. The molecular weight excluding hydrogens is 685 g/mol. The highest BCUT2D eigenvalue weighted by atomic mass is 32.2. The predicted octanol–water partition coefficient (Wildman–Crippen LogP) is 4.02. The van der Waals surface area contributed by atoms with Crippen LogP contribution in [0.1, 0.15) is 62.0 Å². The summed E-state index contributed by atoms with van der Waals surface area (Å²) in [6, 6.07) is 9.14. The van der Waals surface area contributed by atoms with Crippen LogP contribution in [0.4, 0.5) is 11.4 Å². The third kappa shape index (κ3) is 7.96. The number of carboxylic acid groups (broad SMARTS) is 1. The molecule has 0 amide bonds. The van der Waals surface area contributed by atoms with E-state index in [2.05, 4.69) is 0 Å². The van der Waals surface area contributed by atoms with Gasteiger partial charge in [0.05, 0.1) is 32.4 Å². The Balaban J connectivity index is 1.72. The first-order valence-electron chi connectivity index (χ1n) is 14.9. The zero-order chi connectivity index (χ0) is 35.9. The Morgan fingerprint density at radius 1 is 0.917 bits per heavy atom. The second-order valence-corrected chi connectivity index (χ2v) is 17.1. The first kappa shape index (κ1) is 37.2. The van der Waals surface area contributed by atoms with Gasteiger partial charge in [-0.2, -0.15) is 21.4 Å². The van der Waals surface area contributed by atoms with Crippen LogP contribution in [0, 0.1) is 0 Å². The van der Waals surface area contributed by atoms with Crippen LogP contribution in [-0.2, 0) is 41.2 Å². The fourth-order valence-electron chi connectivity index (χ4n) is 6.43. The highest BCUT2D eigenvalue weighted by Crippen LogP contribution is 2.48. The largest absolute Gasteiger partial charge is 0.748 e. The highest BCUT2D eigenvalue weighted by Gasteiger charge is 2.47. The standard InChI is InChI=1S/C32H38N2O11S3/c1-31(2)23-21-22(30(35)36)15-16-24(23)33(17-9-19-46(37,38)39)27(31)13-6-5-7-14-28-32(3,4)29-25(11-8-12-26(29)48(43,44)45)34(28)18-10-20-47(40,41)42/h5-8,11-16,21H,9-10,17-20H2,1-4H3,(H3-,35,36,37,38,39,40,41,42,43,44,45). The molecular formula is C32H38N2O11S3. The van der Waals surface area contributed by atoms with Crippen molar-refractivity contribution >= 4 is 53.4 Å².